The second kappa shape index (κ2) is 11.4. The van der Waals surface area contributed by atoms with Gasteiger partial charge < -0.3 is 14.7 Å². The number of halogens is 1. The SMILES string of the molecule is O=C1C(=O)N(CCc2ccccc2)C(c2ccc(OCc3ccccc3)cc2)C1=C(O)c1ccc(Cl)cc1. The van der Waals surface area contributed by atoms with E-state index >= 15 is 0 Å². The first kappa shape index (κ1) is 25.3. The van der Waals surface area contributed by atoms with Crippen molar-refractivity contribution < 1.29 is 19.4 Å². The first-order chi connectivity index (χ1) is 18.5. The summed E-state index contributed by atoms with van der Waals surface area (Å²) >= 11 is 6.02. The minimum atomic E-state index is -0.738. The molecule has 1 aliphatic rings. The largest absolute Gasteiger partial charge is 0.507 e. The van der Waals surface area contributed by atoms with Gasteiger partial charge in [-0.3, -0.25) is 9.59 Å². The normalized spacial score (nSPS) is 16.6. The van der Waals surface area contributed by atoms with Gasteiger partial charge in [0.2, 0.25) is 0 Å². The van der Waals surface area contributed by atoms with E-state index in [4.69, 9.17) is 16.3 Å². The molecular formula is C32H26ClNO4. The van der Waals surface area contributed by atoms with Crippen LogP contribution in [0.15, 0.2) is 115 Å². The van der Waals surface area contributed by atoms with Crippen LogP contribution in [0.1, 0.15) is 28.3 Å². The Hall–Kier alpha value is -4.35. The van der Waals surface area contributed by atoms with Gasteiger partial charge in [-0.2, -0.15) is 0 Å². The Morgan fingerprint density at radius 1 is 0.789 bits per heavy atom. The molecular weight excluding hydrogens is 498 g/mol. The number of aliphatic hydroxyl groups excluding tert-OH is 1. The Morgan fingerprint density at radius 3 is 2.03 bits per heavy atom. The third kappa shape index (κ3) is 5.48. The predicted octanol–water partition coefficient (Wildman–Crippen LogP) is 6.58. The molecule has 1 heterocycles. The maximum absolute atomic E-state index is 13.3. The lowest BCUT2D eigenvalue weighted by molar-refractivity contribution is -0.139. The van der Waals surface area contributed by atoms with Crippen LogP contribution < -0.4 is 4.74 Å². The summed E-state index contributed by atoms with van der Waals surface area (Å²) in [6.07, 6.45) is 0.573. The number of amides is 1. The van der Waals surface area contributed by atoms with Crippen LogP contribution in [0.3, 0.4) is 0 Å². The van der Waals surface area contributed by atoms with Gasteiger partial charge in [0.05, 0.1) is 11.6 Å². The van der Waals surface area contributed by atoms with Crippen molar-refractivity contribution >= 4 is 29.1 Å². The lowest BCUT2D eigenvalue weighted by atomic mass is 9.95. The molecule has 1 saturated heterocycles. The van der Waals surface area contributed by atoms with Gasteiger partial charge in [0, 0.05) is 17.1 Å². The van der Waals surface area contributed by atoms with Crippen molar-refractivity contribution in [1.82, 2.24) is 4.90 Å². The van der Waals surface area contributed by atoms with E-state index in [1.54, 1.807) is 24.3 Å². The Labute approximate surface area is 226 Å². The molecule has 38 heavy (non-hydrogen) atoms. The van der Waals surface area contributed by atoms with E-state index in [9.17, 15) is 14.7 Å². The molecule has 0 bridgehead atoms. The number of ketones is 1. The van der Waals surface area contributed by atoms with Gasteiger partial charge in [-0.15, -0.1) is 0 Å². The van der Waals surface area contributed by atoms with Gasteiger partial charge in [0.15, 0.2) is 0 Å². The summed E-state index contributed by atoms with van der Waals surface area (Å²) in [5.74, 6) is -0.904. The van der Waals surface area contributed by atoms with Gasteiger partial charge in [0.25, 0.3) is 11.7 Å². The summed E-state index contributed by atoms with van der Waals surface area (Å²) in [4.78, 5) is 28.0. The second-order valence-corrected chi connectivity index (χ2v) is 9.51. The van der Waals surface area contributed by atoms with Crippen LogP contribution in [-0.2, 0) is 22.6 Å². The van der Waals surface area contributed by atoms with Crippen molar-refractivity contribution in [2.45, 2.75) is 19.1 Å². The smallest absolute Gasteiger partial charge is 0.295 e. The van der Waals surface area contributed by atoms with E-state index in [1.807, 2.05) is 84.9 Å². The van der Waals surface area contributed by atoms with E-state index in [1.165, 1.54) is 4.90 Å². The van der Waals surface area contributed by atoms with Gasteiger partial charge >= 0.3 is 0 Å². The molecule has 1 N–H and O–H groups in total. The molecule has 5 nitrogen and oxygen atoms in total. The molecule has 0 radical (unpaired) electrons. The van der Waals surface area contributed by atoms with E-state index in [0.29, 0.717) is 41.5 Å². The van der Waals surface area contributed by atoms with Crippen molar-refractivity contribution in [3.05, 3.63) is 142 Å². The highest BCUT2D eigenvalue weighted by Gasteiger charge is 2.45. The number of carbonyl (C=O) groups is 2. The molecule has 0 spiro atoms. The molecule has 1 atom stereocenters. The standard InChI is InChI=1S/C32H26ClNO4/c33-26-15-11-25(12-16-26)30(35)28-29(34(32(37)31(28)36)20-19-22-7-3-1-4-8-22)24-13-17-27(18-14-24)38-21-23-9-5-2-6-10-23/h1-18,29,35H,19-21H2. The van der Waals surface area contributed by atoms with Gasteiger partial charge in [-0.25, -0.2) is 0 Å². The number of nitrogens with zero attached hydrogens (tertiary/aromatic N) is 1. The zero-order chi connectivity index (χ0) is 26.5. The van der Waals surface area contributed by atoms with E-state index in [2.05, 4.69) is 0 Å². The Kier molecular flexibility index (Phi) is 7.57. The Bertz CT molecular complexity index is 1450. The van der Waals surface area contributed by atoms with Crippen LogP contribution in [-0.4, -0.2) is 28.2 Å². The second-order valence-electron chi connectivity index (χ2n) is 9.08. The zero-order valence-electron chi connectivity index (χ0n) is 20.6. The van der Waals surface area contributed by atoms with E-state index in [0.717, 1.165) is 11.1 Å². The van der Waals surface area contributed by atoms with Crippen LogP contribution in [0.5, 0.6) is 5.75 Å². The number of aliphatic hydroxyl groups is 1. The molecule has 1 fully saturated rings. The average Bonchev–Trinajstić information content (AvgIpc) is 3.21. The third-order valence-corrected chi connectivity index (χ3v) is 6.84. The molecule has 0 aliphatic carbocycles. The average molecular weight is 524 g/mol. The number of rotatable bonds is 8. The first-order valence-electron chi connectivity index (χ1n) is 12.4. The Morgan fingerprint density at radius 2 is 1.39 bits per heavy atom. The first-order valence-corrected chi connectivity index (χ1v) is 12.7. The van der Waals surface area contributed by atoms with E-state index in [-0.39, 0.29) is 11.3 Å². The summed E-state index contributed by atoms with van der Waals surface area (Å²) in [6, 6.07) is 32.7. The zero-order valence-corrected chi connectivity index (χ0v) is 21.3. The maximum Gasteiger partial charge on any atom is 0.295 e. The summed E-state index contributed by atoms with van der Waals surface area (Å²) in [5, 5.41) is 11.7. The van der Waals surface area contributed by atoms with Crippen molar-refractivity contribution in [2.24, 2.45) is 0 Å². The highest BCUT2D eigenvalue weighted by molar-refractivity contribution is 6.46. The predicted molar refractivity (Wildman–Crippen MR) is 148 cm³/mol. The van der Waals surface area contributed by atoms with Crippen molar-refractivity contribution in [3.8, 4) is 5.75 Å². The topological polar surface area (TPSA) is 66.8 Å². The van der Waals surface area contributed by atoms with Crippen molar-refractivity contribution in [1.29, 1.82) is 0 Å². The quantitative estimate of drug-likeness (QED) is 0.161. The number of likely N-dealkylation sites (tertiary alicyclic amines) is 1. The lowest BCUT2D eigenvalue weighted by Gasteiger charge is -2.25. The lowest BCUT2D eigenvalue weighted by Crippen LogP contribution is -2.31. The van der Waals surface area contributed by atoms with Gasteiger partial charge in [0.1, 0.15) is 18.1 Å². The highest BCUT2D eigenvalue weighted by atomic mass is 35.5. The molecule has 1 aliphatic heterocycles. The summed E-state index contributed by atoms with van der Waals surface area (Å²) in [6.45, 7) is 0.745. The number of benzene rings is 4. The number of ether oxygens (including phenoxy) is 1. The van der Waals surface area contributed by atoms with Crippen LogP contribution in [0.25, 0.3) is 5.76 Å². The van der Waals surface area contributed by atoms with Gasteiger partial charge in [-0.1, -0.05) is 84.4 Å². The minimum absolute atomic E-state index is 0.0586. The van der Waals surface area contributed by atoms with Crippen LogP contribution >= 0.6 is 11.6 Å². The number of Topliss-reactive ketones (excluding diaryl/α,β-unsaturated/α-hetero) is 1. The molecule has 4 aromatic carbocycles. The monoisotopic (exact) mass is 523 g/mol. The fraction of sp³-hybridized carbons (Fsp3) is 0.125. The van der Waals surface area contributed by atoms with Crippen molar-refractivity contribution in [2.75, 3.05) is 6.54 Å². The molecule has 1 amide bonds. The highest BCUT2D eigenvalue weighted by Crippen LogP contribution is 2.40. The third-order valence-electron chi connectivity index (χ3n) is 6.59. The minimum Gasteiger partial charge on any atom is -0.507 e. The molecule has 0 aromatic heterocycles. The fourth-order valence-electron chi connectivity index (χ4n) is 4.60. The number of hydrogen-bond donors (Lipinski definition) is 1. The summed E-state index contributed by atoms with van der Waals surface area (Å²) < 4.78 is 5.92. The molecule has 190 valence electrons. The van der Waals surface area contributed by atoms with Crippen LogP contribution in [0, 0.1) is 0 Å². The van der Waals surface area contributed by atoms with Crippen LogP contribution in [0.2, 0.25) is 5.02 Å². The molecule has 1 unspecified atom stereocenters. The maximum atomic E-state index is 13.3. The molecule has 0 saturated carbocycles. The van der Waals surface area contributed by atoms with Crippen molar-refractivity contribution in [3.63, 3.8) is 0 Å². The number of hydrogen-bond acceptors (Lipinski definition) is 4. The van der Waals surface area contributed by atoms with Crippen LogP contribution in [0.4, 0.5) is 0 Å². The summed E-state index contributed by atoms with van der Waals surface area (Å²) in [5.41, 5.74) is 3.29. The molecule has 6 heteroatoms. The molecule has 4 aromatic rings. The fourth-order valence-corrected chi connectivity index (χ4v) is 4.73. The Balaban J connectivity index is 1.47. The van der Waals surface area contributed by atoms with Gasteiger partial charge in [-0.05, 0) is 59.5 Å². The van der Waals surface area contributed by atoms with E-state index < -0.39 is 17.7 Å². The summed E-state index contributed by atoms with van der Waals surface area (Å²) in [7, 11) is 0. The molecule has 5 rings (SSSR count). The number of carbonyl (C=O) groups excluding carboxylic acids is 2.